The molecule has 30 heavy (non-hydrogen) atoms. The van der Waals surface area contributed by atoms with Gasteiger partial charge in [0.2, 0.25) is 5.91 Å². The summed E-state index contributed by atoms with van der Waals surface area (Å²) in [5.41, 5.74) is 2.43. The number of carbonyl (C=O) groups excluding carboxylic acids is 2. The predicted octanol–water partition coefficient (Wildman–Crippen LogP) is 3.75. The molecular formula is C22H22N4O4. The second kappa shape index (κ2) is 10.0. The van der Waals surface area contributed by atoms with Crippen molar-refractivity contribution in [2.24, 2.45) is 0 Å². The van der Waals surface area contributed by atoms with E-state index >= 15 is 0 Å². The van der Waals surface area contributed by atoms with E-state index in [2.05, 4.69) is 20.6 Å². The summed E-state index contributed by atoms with van der Waals surface area (Å²) in [4.78, 5) is 32.5. The van der Waals surface area contributed by atoms with E-state index in [9.17, 15) is 9.59 Å². The van der Waals surface area contributed by atoms with Crippen molar-refractivity contribution in [3.8, 4) is 11.8 Å². The minimum atomic E-state index is -0.676. The summed E-state index contributed by atoms with van der Waals surface area (Å²) in [6.45, 7) is 3.37. The van der Waals surface area contributed by atoms with E-state index in [1.807, 2.05) is 48.5 Å². The van der Waals surface area contributed by atoms with E-state index in [1.165, 1.54) is 0 Å². The van der Waals surface area contributed by atoms with Crippen molar-refractivity contribution in [1.29, 1.82) is 0 Å². The summed E-state index contributed by atoms with van der Waals surface area (Å²) in [6.07, 6.45) is -0.676. The maximum atomic E-state index is 12.2. The maximum Gasteiger partial charge on any atom is 0.407 e. The minimum Gasteiger partial charge on any atom is -0.445 e. The Morgan fingerprint density at radius 2 is 1.50 bits per heavy atom. The fourth-order valence-corrected chi connectivity index (χ4v) is 2.62. The molecule has 0 unspecified atom stereocenters. The Hall–Kier alpha value is -3.94. The van der Waals surface area contributed by atoms with Crippen LogP contribution < -0.4 is 15.4 Å². The average Bonchev–Trinajstić information content (AvgIpc) is 2.75. The number of aromatic nitrogens is 2. The quantitative estimate of drug-likeness (QED) is 0.620. The number of hydrogen-bond donors (Lipinski definition) is 2. The van der Waals surface area contributed by atoms with Gasteiger partial charge in [0.1, 0.15) is 18.9 Å². The number of hydrogen-bond acceptors (Lipinski definition) is 6. The third kappa shape index (κ3) is 6.03. The van der Waals surface area contributed by atoms with Crippen LogP contribution in [0.15, 0.2) is 60.7 Å². The lowest BCUT2D eigenvalue weighted by Crippen LogP contribution is -2.33. The highest BCUT2D eigenvalue weighted by atomic mass is 16.5. The molecule has 1 aromatic heterocycles. The lowest BCUT2D eigenvalue weighted by Gasteiger charge is -2.13. The van der Waals surface area contributed by atoms with Gasteiger partial charge in [-0.25, -0.2) is 4.79 Å². The van der Waals surface area contributed by atoms with Crippen LogP contribution in [-0.4, -0.2) is 28.5 Å². The number of amides is 2. The Kier molecular flexibility index (Phi) is 6.94. The predicted molar refractivity (Wildman–Crippen MR) is 111 cm³/mol. The van der Waals surface area contributed by atoms with Crippen LogP contribution >= 0.6 is 0 Å². The Morgan fingerprint density at radius 1 is 0.900 bits per heavy atom. The number of nitrogens with zero attached hydrogens (tertiary/aromatic N) is 2. The molecule has 0 atom stereocenters. The monoisotopic (exact) mass is 406 g/mol. The molecule has 8 nitrogen and oxygen atoms in total. The molecule has 0 saturated heterocycles. The molecule has 3 aromatic rings. The van der Waals surface area contributed by atoms with Gasteiger partial charge in [-0.05, 0) is 31.5 Å². The molecular weight excluding hydrogens is 384 g/mol. The molecule has 2 amide bonds. The Morgan fingerprint density at radius 3 is 2.13 bits per heavy atom. The van der Waals surface area contributed by atoms with Crippen LogP contribution in [0.3, 0.4) is 0 Å². The van der Waals surface area contributed by atoms with Crippen LogP contribution in [0, 0.1) is 13.8 Å². The van der Waals surface area contributed by atoms with Crippen molar-refractivity contribution in [1.82, 2.24) is 15.3 Å². The number of alkyl carbamates (subject to hydrolysis) is 1. The van der Waals surface area contributed by atoms with Gasteiger partial charge in [-0.1, -0.05) is 48.5 Å². The zero-order chi connectivity index (χ0) is 21.3. The van der Waals surface area contributed by atoms with Crippen LogP contribution in [-0.2, 0) is 16.1 Å². The van der Waals surface area contributed by atoms with Crippen molar-refractivity contribution >= 4 is 17.7 Å². The fraction of sp³-hybridized carbons (Fsp3) is 0.182. The highest BCUT2D eigenvalue weighted by Gasteiger charge is 2.14. The molecule has 0 aliphatic rings. The summed E-state index contributed by atoms with van der Waals surface area (Å²) in [5.74, 6) is 0.199. The number of ether oxygens (including phenoxy) is 2. The van der Waals surface area contributed by atoms with E-state index in [-0.39, 0.29) is 19.2 Å². The first-order chi connectivity index (χ1) is 14.5. The Bertz CT molecular complexity index is 987. The molecule has 3 rings (SSSR count). The average molecular weight is 406 g/mol. The molecule has 0 spiro atoms. The normalized spacial score (nSPS) is 10.2. The summed E-state index contributed by atoms with van der Waals surface area (Å²) in [6, 6.07) is 18.6. The van der Waals surface area contributed by atoms with Crippen molar-refractivity contribution in [3.63, 3.8) is 0 Å². The van der Waals surface area contributed by atoms with E-state index < -0.39 is 12.0 Å². The molecule has 2 aromatic carbocycles. The maximum absolute atomic E-state index is 12.2. The second-order valence-corrected chi connectivity index (χ2v) is 6.43. The number of rotatable bonds is 7. The summed E-state index contributed by atoms with van der Waals surface area (Å²) >= 11 is 0. The van der Waals surface area contributed by atoms with Crippen LogP contribution in [0.4, 0.5) is 10.5 Å². The third-order valence-corrected chi connectivity index (χ3v) is 4.07. The van der Waals surface area contributed by atoms with Crippen molar-refractivity contribution in [2.45, 2.75) is 20.5 Å². The molecule has 0 aliphatic heterocycles. The second-order valence-electron chi connectivity index (χ2n) is 6.43. The lowest BCUT2D eigenvalue weighted by atomic mass is 10.2. The lowest BCUT2D eigenvalue weighted by molar-refractivity contribution is -0.115. The van der Waals surface area contributed by atoms with Gasteiger partial charge in [-0.3, -0.25) is 4.79 Å². The molecule has 154 valence electrons. The minimum absolute atomic E-state index is 0.128. The number of anilines is 1. The van der Waals surface area contributed by atoms with E-state index in [0.717, 1.165) is 5.56 Å². The first kappa shape index (κ1) is 20.8. The zero-order valence-electron chi connectivity index (χ0n) is 16.7. The molecule has 0 radical (unpaired) electrons. The first-order valence-corrected chi connectivity index (χ1v) is 9.34. The van der Waals surface area contributed by atoms with Gasteiger partial charge in [-0.2, -0.15) is 9.97 Å². The van der Waals surface area contributed by atoms with E-state index in [4.69, 9.17) is 9.47 Å². The Labute approximate surface area is 174 Å². The number of carbonyl (C=O) groups is 2. The van der Waals surface area contributed by atoms with Crippen molar-refractivity contribution < 1.29 is 19.1 Å². The fourth-order valence-electron chi connectivity index (χ4n) is 2.62. The van der Waals surface area contributed by atoms with Gasteiger partial charge >= 0.3 is 12.1 Å². The molecule has 1 heterocycles. The van der Waals surface area contributed by atoms with Crippen LogP contribution in [0.1, 0.15) is 17.0 Å². The largest absolute Gasteiger partial charge is 0.445 e. The summed E-state index contributed by atoms with van der Waals surface area (Å²) in [7, 11) is 0. The molecule has 8 heteroatoms. The molecule has 0 fully saturated rings. The van der Waals surface area contributed by atoms with Gasteiger partial charge in [0.05, 0.1) is 17.1 Å². The zero-order valence-corrected chi connectivity index (χ0v) is 16.7. The van der Waals surface area contributed by atoms with Gasteiger partial charge in [0.25, 0.3) is 0 Å². The summed E-state index contributed by atoms with van der Waals surface area (Å²) < 4.78 is 10.7. The standard InChI is InChI=1S/C22H22N4O4/c1-15-20(16(2)25-21(24-15)30-18-11-7-4-8-12-18)26-19(27)13-23-22(28)29-14-17-9-5-3-6-10-17/h3-12H,13-14H2,1-2H3,(H,23,28)(H,26,27). The van der Waals surface area contributed by atoms with Gasteiger partial charge in [0, 0.05) is 0 Å². The SMILES string of the molecule is Cc1nc(Oc2ccccc2)nc(C)c1NC(=O)CNC(=O)OCc1ccccc1. The van der Waals surface area contributed by atoms with Crippen LogP contribution in [0.25, 0.3) is 0 Å². The Balaban J connectivity index is 1.51. The molecule has 0 bridgehead atoms. The molecule has 2 N–H and O–H groups in total. The van der Waals surface area contributed by atoms with Crippen LogP contribution in [0.2, 0.25) is 0 Å². The molecule has 0 aliphatic carbocycles. The van der Waals surface area contributed by atoms with E-state index in [1.54, 1.807) is 26.0 Å². The number of nitrogens with one attached hydrogen (secondary N) is 2. The third-order valence-electron chi connectivity index (χ3n) is 4.07. The van der Waals surface area contributed by atoms with E-state index in [0.29, 0.717) is 22.8 Å². The molecule has 0 saturated carbocycles. The van der Waals surface area contributed by atoms with Gasteiger partial charge in [-0.15, -0.1) is 0 Å². The number of aryl methyl sites for hydroxylation is 2. The van der Waals surface area contributed by atoms with Crippen molar-refractivity contribution in [3.05, 3.63) is 77.6 Å². The van der Waals surface area contributed by atoms with Crippen molar-refractivity contribution in [2.75, 3.05) is 11.9 Å². The highest BCUT2D eigenvalue weighted by molar-refractivity contribution is 5.94. The first-order valence-electron chi connectivity index (χ1n) is 9.34. The summed E-state index contributed by atoms with van der Waals surface area (Å²) in [5, 5.41) is 5.13. The van der Waals surface area contributed by atoms with Gasteiger partial charge in [0.15, 0.2) is 0 Å². The smallest absolute Gasteiger partial charge is 0.407 e. The topological polar surface area (TPSA) is 102 Å². The highest BCUT2D eigenvalue weighted by Crippen LogP contribution is 2.23. The van der Waals surface area contributed by atoms with Crippen LogP contribution in [0.5, 0.6) is 11.8 Å². The van der Waals surface area contributed by atoms with Gasteiger partial charge < -0.3 is 20.1 Å². The number of benzene rings is 2. The number of para-hydroxylation sites is 1.